The molecule has 0 saturated carbocycles. The molecule has 1 aromatic heterocycles. The normalized spacial score (nSPS) is 11.6. The molecule has 2 aromatic rings. The Morgan fingerprint density at radius 2 is 2.11 bits per heavy atom. The summed E-state index contributed by atoms with van der Waals surface area (Å²) in [6.45, 7) is 0.381. The van der Waals surface area contributed by atoms with Crippen LogP contribution in [0.15, 0.2) is 46.0 Å². The number of nitrogens with one attached hydrogen (secondary N) is 1. The standard InChI is InChI=1S/C12H12ClNO2S2/c13-11-2-1-3-12(8-11)18(15,16)14-6-4-10-5-7-17-9-10/h1-3,5,7-9,14H,4,6H2. The zero-order valence-electron chi connectivity index (χ0n) is 9.47. The predicted octanol–water partition coefficient (Wildman–Crippen LogP) is 2.92. The highest BCUT2D eigenvalue weighted by Gasteiger charge is 2.13. The van der Waals surface area contributed by atoms with Gasteiger partial charge in [-0.1, -0.05) is 17.7 Å². The third-order valence-corrected chi connectivity index (χ3v) is 4.82. The summed E-state index contributed by atoms with van der Waals surface area (Å²) in [6.07, 6.45) is 0.684. The van der Waals surface area contributed by atoms with Gasteiger partial charge in [-0.25, -0.2) is 13.1 Å². The van der Waals surface area contributed by atoms with Crippen LogP contribution >= 0.6 is 22.9 Å². The van der Waals surface area contributed by atoms with Gasteiger partial charge in [0.2, 0.25) is 10.0 Å². The van der Waals surface area contributed by atoms with Crippen LogP contribution in [0.25, 0.3) is 0 Å². The lowest BCUT2D eigenvalue weighted by atomic mass is 10.2. The van der Waals surface area contributed by atoms with Gasteiger partial charge in [-0.3, -0.25) is 0 Å². The molecule has 0 fully saturated rings. The molecule has 0 aliphatic heterocycles. The molecule has 0 aliphatic carbocycles. The molecule has 3 nitrogen and oxygen atoms in total. The van der Waals surface area contributed by atoms with Crippen molar-refractivity contribution in [1.29, 1.82) is 0 Å². The van der Waals surface area contributed by atoms with Crippen LogP contribution in [0.2, 0.25) is 5.02 Å². The fraction of sp³-hybridized carbons (Fsp3) is 0.167. The molecule has 0 radical (unpaired) electrons. The molecule has 0 atom stereocenters. The minimum Gasteiger partial charge on any atom is -0.211 e. The van der Waals surface area contributed by atoms with E-state index in [-0.39, 0.29) is 4.90 Å². The van der Waals surface area contributed by atoms with E-state index >= 15 is 0 Å². The lowest BCUT2D eigenvalue weighted by Gasteiger charge is -2.06. The first kappa shape index (κ1) is 13.5. The second-order valence-electron chi connectivity index (χ2n) is 3.74. The van der Waals surface area contributed by atoms with Crippen molar-refractivity contribution in [2.45, 2.75) is 11.3 Å². The molecule has 1 heterocycles. The van der Waals surface area contributed by atoms with Crippen LogP contribution in [0.3, 0.4) is 0 Å². The van der Waals surface area contributed by atoms with Gasteiger partial charge in [0.05, 0.1) is 4.90 Å². The van der Waals surface area contributed by atoms with E-state index in [9.17, 15) is 8.42 Å². The molecule has 0 spiro atoms. The SMILES string of the molecule is O=S(=O)(NCCc1ccsc1)c1cccc(Cl)c1. The monoisotopic (exact) mass is 301 g/mol. The Morgan fingerprint density at radius 1 is 1.28 bits per heavy atom. The molecule has 0 bridgehead atoms. The highest BCUT2D eigenvalue weighted by atomic mass is 35.5. The highest BCUT2D eigenvalue weighted by Crippen LogP contribution is 2.15. The smallest absolute Gasteiger partial charge is 0.211 e. The topological polar surface area (TPSA) is 46.2 Å². The third kappa shape index (κ3) is 3.55. The minimum absolute atomic E-state index is 0.195. The average molecular weight is 302 g/mol. The second kappa shape index (κ2) is 5.84. The molecule has 0 saturated heterocycles. The molecule has 1 aromatic carbocycles. The summed E-state index contributed by atoms with van der Waals surface area (Å²) in [5, 5.41) is 4.39. The third-order valence-electron chi connectivity index (χ3n) is 2.39. The Bertz CT molecular complexity index is 609. The average Bonchev–Trinajstić information content (AvgIpc) is 2.82. The van der Waals surface area contributed by atoms with Gasteiger partial charge in [0.1, 0.15) is 0 Å². The maximum atomic E-state index is 11.9. The number of thiophene rings is 1. The van der Waals surface area contributed by atoms with Gasteiger partial charge in [0, 0.05) is 11.6 Å². The molecule has 6 heteroatoms. The van der Waals surface area contributed by atoms with Crippen LogP contribution in [0.1, 0.15) is 5.56 Å². The minimum atomic E-state index is -3.47. The van der Waals surface area contributed by atoms with Gasteiger partial charge in [-0.15, -0.1) is 0 Å². The Labute approximate surface area is 115 Å². The fourth-order valence-electron chi connectivity index (χ4n) is 1.48. The first-order valence-electron chi connectivity index (χ1n) is 5.34. The van der Waals surface area contributed by atoms with Crippen LogP contribution in [0, 0.1) is 0 Å². The lowest BCUT2D eigenvalue weighted by Crippen LogP contribution is -2.25. The molecule has 0 amide bonds. The molecule has 18 heavy (non-hydrogen) atoms. The van der Waals surface area contributed by atoms with Crippen molar-refractivity contribution >= 4 is 33.0 Å². The number of benzene rings is 1. The van der Waals surface area contributed by atoms with Crippen LogP contribution in [0.5, 0.6) is 0 Å². The van der Waals surface area contributed by atoms with Crippen molar-refractivity contribution in [3.63, 3.8) is 0 Å². The van der Waals surface area contributed by atoms with Crippen molar-refractivity contribution in [3.8, 4) is 0 Å². The van der Waals surface area contributed by atoms with Crippen LogP contribution < -0.4 is 4.72 Å². The Morgan fingerprint density at radius 3 is 2.78 bits per heavy atom. The number of halogens is 1. The summed E-state index contributed by atoms with van der Waals surface area (Å²) in [7, 11) is -3.47. The zero-order valence-corrected chi connectivity index (χ0v) is 11.9. The second-order valence-corrected chi connectivity index (χ2v) is 6.72. The number of hydrogen-bond acceptors (Lipinski definition) is 3. The van der Waals surface area contributed by atoms with E-state index in [1.54, 1.807) is 23.5 Å². The predicted molar refractivity (Wildman–Crippen MR) is 74.7 cm³/mol. The summed E-state index contributed by atoms with van der Waals surface area (Å²) >= 11 is 7.38. The molecular formula is C12H12ClNO2S2. The number of hydrogen-bond donors (Lipinski definition) is 1. The van der Waals surface area contributed by atoms with Crippen LogP contribution in [-0.2, 0) is 16.4 Å². The molecule has 0 aliphatic rings. The summed E-state index contributed by atoms with van der Waals surface area (Å²) in [5.74, 6) is 0. The molecule has 1 N–H and O–H groups in total. The first-order chi connectivity index (χ1) is 8.58. The lowest BCUT2D eigenvalue weighted by molar-refractivity contribution is 0.581. The van der Waals surface area contributed by atoms with E-state index in [4.69, 9.17) is 11.6 Å². The Hall–Kier alpha value is -0.880. The molecular weight excluding hydrogens is 290 g/mol. The van der Waals surface area contributed by atoms with E-state index in [0.29, 0.717) is 18.0 Å². The summed E-state index contributed by atoms with van der Waals surface area (Å²) in [4.78, 5) is 0.195. The van der Waals surface area contributed by atoms with Gasteiger partial charge < -0.3 is 0 Å². The molecule has 96 valence electrons. The van der Waals surface area contributed by atoms with E-state index in [0.717, 1.165) is 5.56 Å². The van der Waals surface area contributed by atoms with E-state index in [1.807, 2.05) is 16.8 Å². The van der Waals surface area contributed by atoms with Crippen LogP contribution in [0.4, 0.5) is 0 Å². The fourth-order valence-corrected chi connectivity index (χ4v) is 3.52. The van der Waals surface area contributed by atoms with Gasteiger partial charge in [0.15, 0.2) is 0 Å². The van der Waals surface area contributed by atoms with E-state index < -0.39 is 10.0 Å². The van der Waals surface area contributed by atoms with Crippen molar-refractivity contribution < 1.29 is 8.42 Å². The molecule has 2 rings (SSSR count). The van der Waals surface area contributed by atoms with E-state index in [1.165, 1.54) is 12.1 Å². The quantitative estimate of drug-likeness (QED) is 0.923. The van der Waals surface area contributed by atoms with Crippen molar-refractivity contribution in [2.75, 3.05) is 6.54 Å². The van der Waals surface area contributed by atoms with Crippen molar-refractivity contribution in [3.05, 3.63) is 51.7 Å². The summed E-state index contributed by atoms with van der Waals surface area (Å²) in [6, 6.07) is 8.22. The highest BCUT2D eigenvalue weighted by molar-refractivity contribution is 7.89. The van der Waals surface area contributed by atoms with Gasteiger partial charge in [-0.2, -0.15) is 11.3 Å². The number of rotatable bonds is 5. The maximum Gasteiger partial charge on any atom is 0.240 e. The van der Waals surface area contributed by atoms with Crippen LogP contribution in [-0.4, -0.2) is 15.0 Å². The summed E-state index contributed by atoms with van der Waals surface area (Å²) < 4.78 is 26.5. The van der Waals surface area contributed by atoms with Gasteiger partial charge in [0.25, 0.3) is 0 Å². The largest absolute Gasteiger partial charge is 0.240 e. The first-order valence-corrected chi connectivity index (χ1v) is 8.15. The Balaban J connectivity index is 1.99. The maximum absolute atomic E-state index is 11.9. The van der Waals surface area contributed by atoms with E-state index in [2.05, 4.69) is 4.72 Å². The van der Waals surface area contributed by atoms with Gasteiger partial charge >= 0.3 is 0 Å². The Kier molecular flexibility index (Phi) is 4.40. The van der Waals surface area contributed by atoms with Gasteiger partial charge in [-0.05, 0) is 47.0 Å². The van der Waals surface area contributed by atoms with Crippen molar-refractivity contribution in [2.24, 2.45) is 0 Å². The zero-order chi connectivity index (χ0) is 13.0. The molecule has 0 unspecified atom stereocenters. The van der Waals surface area contributed by atoms with Crippen molar-refractivity contribution in [1.82, 2.24) is 4.72 Å². The number of sulfonamides is 1. The summed E-state index contributed by atoms with van der Waals surface area (Å²) in [5.41, 5.74) is 1.13.